The van der Waals surface area contributed by atoms with Crippen LogP contribution < -0.4 is 4.74 Å². The van der Waals surface area contributed by atoms with Crippen molar-refractivity contribution in [2.24, 2.45) is 5.10 Å². The second-order valence-corrected chi connectivity index (χ2v) is 8.36. The molecule has 34 heavy (non-hydrogen) atoms. The number of nitro benzene ring substituents is 2. The first-order chi connectivity index (χ1) is 16.3. The summed E-state index contributed by atoms with van der Waals surface area (Å²) in [7, 11) is 1.56. The third kappa shape index (κ3) is 4.64. The summed E-state index contributed by atoms with van der Waals surface area (Å²) in [5.41, 5.74) is 0.922. The van der Waals surface area contributed by atoms with Crippen molar-refractivity contribution in [1.29, 1.82) is 0 Å². The van der Waals surface area contributed by atoms with Crippen molar-refractivity contribution < 1.29 is 19.4 Å². The Morgan fingerprint density at radius 3 is 2.12 bits per heavy atom. The predicted octanol–water partition coefficient (Wildman–Crippen LogP) is 5.27. The van der Waals surface area contributed by atoms with E-state index in [2.05, 4.69) is 21.0 Å². The van der Waals surface area contributed by atoms with Crippen molar-refractivity contribution in [2.75, 3.05) is 7.11 Å². The van der Waals surface area contributed by atoms with Crippen LogP contribution in [0.5, 0.6) is 5.75 Å². The summed E-state index contributed by atoms with van der Waals surface area (Å²) in [5, 5.41) is 28.3. The molecule has 3 aromatic carbocycles. The highest BCUT2D eigenvalue weighted by Gasteiger charge is 2.35. The van der Waals surface area contributed by atoms with Crippen LogP contribution in [-0.4, -0.2) is 33.6 Å². The maximum Gasteiger partial charge on any atom is 0.277 e. The van der Waals surface area contributed by atoms with Gasteiger partial charge in [-0.25, -0.2) is 5.01 Å². The normalized spacial score (nSPS) is 15.1. The Bertz CT molecular complexity index is 1280. The summed E-state index contributed by atoms with van der Waals surface area (Å²) >= 11 is 3.39. The summed E-state index contributed by atoms with van der Waals surface area (Å²) in [4.78, 5) is 34.5. The predicted molar refractivity (Wildman–Crippen MR) is 127 cm³/mol. The highest BCUT2D eigenvalue weighted by molar-refractivity contribution is 9.10. The Kier molecular flexibility index (Phi) is 6.37. The highest BCUT2D eigenvalue weighted by atomic mass is 79.9. The van der Waals surface area contributed by atoms with Crippen LogP contribution in [0.1, 0.15) is 33.9 Å². The largest absolute Gasteiger partial charge is 0.497 e. The molecule has 0 saturated carbocycles. The van der Waals surface area contributed by atoms with Gasteiger partial charge in [0.15, 0.2) is 0 Å². The molecular weight excluding hydrogens is 508 g/mol. The number of hydrazone groups is 1. The van der Waals surface area contributed by atoms with Gasteiger partial charge in [-0.1, -0.05) is 28.1 Å². The maximum atomic E-state index is 13.5. The van der Waals surface area contributed by atoms with Gasteiger partial charge in [-0.3, -0.25) is 25.0 Å². The number of methoxy groups -OCH3 is 1. The van der Waals surface area contributed by atoms with Crippen LogP contribution >= 0.6 is 15.9 Å². The molecule has 11 heteroatoms. The van der Waals surface area contributed by atoms with E-state index in [-0.39, 0.29) is 5.56 Å². The lowest BCUT2D eigenvalue weighted by Crippen LogP contribution is -2.27. The van der Waals surface area contributed by atoms with E-state index in [1.165, 1.54) is 5.01 Å². The lowest BCUT2D eigenvalue weighted by molar-refractivity contribution is -0.394. The first-order valence-corrected chi connectivity index (χ1v) is 10.8. The van der Waals surface area contributed by atoms with Gasteiger partial charge in [-0.2, -0.15) is 5.10 Å². The van der Waals surface area contributed by atoms with Gasteiger partial charge >= 0.3 is 0 Å². The van der Waals surface area contributed by atoms with Crippen molar-refractivity contribution in [2.45, 2.75) is 12.5 Å². The summed E-state index contributed by atoms with van der Waals surface area (Å²) in [6, 6.07) is 16.9. The van der Waals surface area contributed by atoms with Gasteiger partial charge < -0.3 is 4.74 Å². The number of amides is 1. The average Bonchev–Trinajstić information content (AvgIpc) is 3.29. The molecule has 4 rings (SSSR count). The van der Waals surface area contributed by atoms with Gasteiger partial charge in [-0.15, -0.1) is 0 Å². The fourth-order valence-corrected chi connectivity index (χ4v) is 3.93. The summed E-state index contributed by atoms with van der Waals surface area (Å²) in [6.45, 7) is 0. The number of hydrogen-bond acceptors (Lipinski definition) is 7. The van der Waals surface area contributed by atoms with E-state index in [1.54, 1.807) is 19.2 Å². The zero-order valence-electron chi connectivity index (χ0n) is 17.8. The van der Waals surface area contributed by atoms with E-state index in [1.807, 2.05) is 36.4 Å². The van der Waals surface area contributed by atoms with Gasteiger partial charge in [0.25, 0.3) is 17.3 Å². The molecule has 172 valence electrons. The molecular formula is C23H17BrN4O6. The molecule has 10 nitrogen and oxygen atoms in total. The molecule has 1 unspecified atom stereocenters. The van der Waals surface area contributed by atoms with E-state index in [9.17, 15) is 25.0 Å². The third-order valence-electron chi connectivity index (χ3n) is 5.37. The van der Waals surface area contributed by atoms with Crippen LogP contribution in [0.2, 0.25) is 0 Å². The smallest absolute Gasteiger partial charge is 0.277 e. The molecule has 0 aromatic heterocycles. The maximum absolute atomic E-state index is 13.5. The Morgan fingerprint density at radius 1 is 1.00 bits per heavy atom. The first-order valence-electron chi connectivity index (χ1n) is 10.0. The molecule has 1 heterocycles. The fourth-order valence-electron chi connectivity index (χ4n) is 3.66. The molecule has 1 amide bonds. The number of nitro groups is 2. The molecule has 1 aliphatic rings. The number of non-ortho nitro benzene ring substituents is 2. The lowest BCUT2D eigenvalue weighted by Gasteiger charge is -2.22. The number of rotatable bonds is 6. The molecule has 1 atom stereocenters. The molecule has 0 fully saturated rings. The van der Waals surface area contributed by atoms with Crippen molar-refractivity contribution >= 4 is 38.9 Å². The van der Waals surface area contributed by atoms with E-state index in [4.69, 9.17) is 4.74 Å². The van der Waals surface area contributed by atoms with Crippen LogP contribution in [0.15, 0.2) is 76.3 Å². The topological polar surface area (TPSA) is 128 Å². The number of carbonyl (C=O) groups excluding carboxylic acids is 1. The van der Waals surface area contributed by atoms with Gasteiger partial charge in [0.2, 0.25) is 0 Å². The number of hydrogen-bond donors (Lipinski definition) is 0. The SMILES string of the molecule is COc1ccc(C2=NN(C(=O)c3cc([N+](=O)[O-])cc([N+](=O)[O-])c3)C(c3ccc(Br)cc3)C2)cc1. The molecule has 0 saturated heterocycles. The van der Waals surface area contributed by atoms with Gasteiger partial charge in [-0.05, 0) is 47.5 Å². The van der Waals surface area contributed by atoms with Crippen molar-refractivity contribution in [3.8, 4) is 5.75 Å². The van der Waals surface area contributed by atoms with E-state index < -0.39 is 33.2 Å². The monoisotopic (exact) mass is 524 g/mol. The summed E-state index contributed by atoms with van der Waals surface area (Å²) in [6.07, 6.45) is 0.386. The van der Waals surface area contributed by atoms with Gasteiger partial charge in [0.1, 0.15) is 5.75 Å². The second-order valence-electron chi connectivity index (χ2n) is 7.45. The molecule has 0 N–H and O–H groups in total. The number of benzene rings is 3. The Balaban J connectivity index is 1.78. The van der Waals surface area contributed by atoms with Crippen LogP contribution in [0.25, 0.3) is 0 Å². The molecule has 0 spiro atoms. The summed E-state index contributed by atoms with van der Waals surface area (Å²) < 4.78 is 6.05. The summed E-state index contributed by atoms with van der Waals surface area (Å²) in [5.74, 6) is -0.00752. The minimum atomic E-state index is -0.772. The van der Waals surface area contributed by atoms with Gasteiger partial charge in [0.05, 0.1) is 40.3 Å². The van der Waals surface area contributed by atoms with E-state index in [0.29, 0.717) is 17.9 Å². The van der Waals surface area contributed by atoms with Crippen LogP contribution in [0.4, 0.5) is 11.4 Å². The number of carbonyl (C=O) groups is 1. The van der Waals surface area contributed by atoms with Crippen LogP contribution in [0, 0.1) is 20.2 Å². The Labute approximate surface area is 201 Å². The minimum absolute atomic E-state index is 0.192. The standard InChI is InChI=1S/C23H17BrN4O6/c1-34-20-8-4-14(5-9-20)21-13-22(15-2-6-17(24)7-3-15)26(25-21)23(29)16-10-18(27(30)31)12-19(11-16)28(32)33/h2-12,22H,13H2,1H3. The van der Waals surface area contributed by atoms with Crippen molar-refractivity contribution in [3.05, 3.63) is 108 Å². The quantitative estimate of drug-likeness (QED) is 0.319. The molecule has 0 radical (unpaired) electrons. The highest BCUT2D eigenvalue weighted by Crippen LogP contribution is 2.35. The third-order valence-corrected chi connectivity index (χ3v) is 5.90. The molecule has 1 aliphatic heterocycles. The molecule has 0 bridgehead atoms. The number of halogens is 1. The van der Waals surface area contributed by atoms with E-state index >= 15 is 0 Å². The Morgan fingerprint density at radius 2 is 1.59 bits per heavy atom. The average molecular weight is 525 g/mol. The van der Waals surface area contributed by atoms with Crippen LogP contribution in [-0.2, 0) is 0 Å². The van der Waals surface area contributed by atoms with Gasteiger partial charge in [0, 0.05) is 23.0 Å². The number of nitrogens with zero attached hydrogens (tertiary/aromatic N) is 4. The van der Waals surface area contributed by atoms with E-state index in [0.717, 1.165) is 33.8 Å². The zero-order valence-corrected chi connectivity index (χ0v) is 19.3. The number of ether oxygens (including phenoxy) is 1. The Hall–Kier alpha value is -4.12. The second kappa shape index (κ2) is 9.40. The lowest BCUT2D eigenvalue weighted by atomic mass is 9.98. The molecule has 0 aliphatic carbocycles. The zero-order chi connectivity index (χ0) is 24.4. The van der Waals surface area contributed by atoms with Crippen LogP contribution in [0.3, 0.4) is 0 Å². The fraction of sp³-hybridized carbons (Fsp3) is 0.130. The molecule has 3 aromatic rings. The first kappa shape index (κ1) is 23.1. The van der Waals surface area contributed by atoms with Crippen molar-refractivity contribution in [1.82, 2.24) is 5.01 Å². The minimum Gasteiger partial charge on any atom is -0.497 e. The van der Waals surface area contributed by atoms with Crippen molar-refractivity contribution in [3.63, 3.8) is 0 Å².